The van der Waals surface area contributed by atoms with Gasteiger partial charge >= 0.3 is 0 Å². The second kappa shape index (κ2) is 5.08. The molecule has 1 aliphatic heterocycles. The summed E-state index contributed by atoms with van der Waals surface area (Å²) in [6, 6.07) is 2.55. The van der Waals surface area contributed by atoms with Gasteiger partial charge in [-0.1, -0.05) is 23.2 Å². The molecule has 1 aromatic rings. The fourth-order valence-corrected chi connectivity index (χ4v) is 2.03. The lowest BCUT2D eigenvalue weighted by atomic mass is 10.3. The van der Waals surface area contributed by atoms with Gasteiger partial charge in [0.2, 0.25) is 0 Å². The zero-order chi connectivity index (χ0) is 12.4. The summed E-state index contributed by atoms with van der Waals surface area (Å²) in [7, 11) is 0. The number of halogens is 2. The summed E-state index contributed by atoms with van der Waals surface area (Å²) in [4.78, 5) is 10.1. The second-order valence-corrected chi connectivity index (χ2v) is 4.41. The molecule has 1 atom stereocenters. The van der Waals surface area contributed by atoms with Gasteiger partial charge in [-0.2, -0.15) is 0 Å². The maximum absolute atomic E-state index is 10.7. The molecule has 0 radical (unpaired) electrons. The molecule has 17 heavy (non-hydrogen) atoms. The minimum atomic E-state index is -0.573. The van der Waals surface area contributed by atoms with Gasteiger partial charge in [-0.3, -0.25) is 10.1 Å². The fourth-order valence-electron chi connectivity index (χ4n) is 1.53. The van der Waals surface area contributed by atoms with Crippen molar-refractivity contribution in [3.05, 3.63) is 32.3 Å². The molecule has 0 N–H and O–H groups in total. The van der Waals surface area contributed by atoms with E-state index in [2.05, 4.69) is 0 Å². The van der Waals surface area contributed by atoms with Crippen molar-refractivity contribution in [3.8, 4) is 5.75 Å². The molecule has 1 unspecified atom stereocenters. The zero-order valence-corrected chi connectivity index (χ0v) is 10.2. The first-order chi connectivity index (χ1) is 8.08. The standard InChI is InChI=1S/C10H9Cl2NO4/c11-7-3-8(12)10(4-9(7)13(14)15)17-6-1-2-16-5-6/h3-4,6H,1-2,5H2. The Morgan fingerprint density at radius 3 is 2.76 bits per heavy atom. The van der Waals surface area contributed by atoms with Crippen LogP contribution >= 0.6 is 23.2 Å². The van der Waals surface area contributed by atoms with Crippen LogP contribution in [0.25, 0.3) is 0 Å². The van der Waals surface area contributed by atoms with Crippen LogP contribution in [0.15, 0.2) is 12.1 Å². The molecule has 1 aromatic carbocycles. The Morgan fingerprint density at radius 1 is 1.41 bits per heavy atom. The van der Waals surface area contributed by atoms with Crippen molar-refractivity contribution in [3.63, 3.8) is 0 Å². The highest BCUT2D eigenvalue weighted by molar-refractivity contribution is 6.36. The van der Waals surface area contributed by atoms with Gasteiger partial charge in [0.1, 0.15) is 16.9 Å². The van der Waals surface area contributed by atoms with Gasteiger partial charge in [0, 0.05) is 6.42 Å². The molecule has 5 nitrogen and oxygen atoms in total. The predicted molar refractivity (Wildman–Crippen MR) is 63.0 cm³/mol. The fraction of sp³-hybridized carbons (Fsp3) is 0.400. The third kappa shape index (κ3) is 2.80. The first-order valence-corrected chi connectivity index (χ1v) is 5.71. The molecule has 92 valence electrons. The van der Waals surface area contributed by atoms with Gasteiger partial charge in [-0.05, 0) is 6.07 Å². The van der Waals surface area contributed by atoms with Gasteiger partial charge in [0.25, 0.3) is 5.69 Å². The highest BCUT2D eigenvalue weighted by atomic mass is 35.5. The molecule has 1 fully saturated rings. The maximum Gasteiger partial charge on any atom is 0.291 e. The number of ether oxygens (including phenoxy) is 2. The van der Waals surface area contributed by atoms with Crippen LogP contribution in [0, 0.1) is 10.1 Å². The Bertz CT molecular complexity index is 446. The number of nitro benzene ring substituents is 1. The van der Waals surface area contributed by atoms with Crippen molar-refractivity contribution in [1.82, 2.24) is 0 Å². The zero-order valence-electron chi connectivity index (χ0n) is 8.69. The molecule has 1 aliphatic rings. The van der Waals surface area contributed by atoms with Gasteiger partial charge < -0.3 is 9.47 Å². The summed E-state index contributed by atoms with van der Waals surface area (Å²) in [6.45, 7) is 1.09. The first kappa shape index (κ1) is 12.4. The van der Waals surface area contributed by atoms with Crippen LogP contribution < -0.4 is 4.74 Å². The summed E-state index contributed by atoms with van der Waals surface area (Å²) in [6.07, 6.45) is 0.625. The number of hydrogen-bond donors (Lipinski definition) is 0. The predicted octanol–water partition coefficient (Wildman–Crippen LogP) is 3.07. The van der Waals surface area contributed by atoms with E-state index in [9.17, 15) is 10.1 Å². The molecule has 0 aliphatic carbocycles. The third-order valence-corrected chi connectivity index (χ3v) is 2.98. The van der Waals surface area contributed by atoms with Gasteiger partial charge in [0.05, 0.1) is 29.2 Å². The lowest BCUT2D eigenvalue weighted by Gasteiger charge is -2.13. The number of benzene rings is 1. The van der Waals surface area contributed by atoms with Gasteiger partial charge in [-0.15, -0.1) is 0 Å². The molecule has 0 saturated carbocycles. The Hall–Kier alpha value is -1.04. The topological polar surface area (TPSA) is 61.6 Å². The van der Waals surface area contributed by atoms with Crippen molar-refractivity contribution in [2.75, 3.05) is 13.2 Å². The third-order valence-electron chi connectivity index (χ3n) is 2.38. The molecule has 7 heteroatoms. The summed E-state index contributed by atoms with van der Waals surface area (Å²) >= 11 is 11.6. The van der Waals surface area contributed by atoms with Crippen LogP contribution in [-0.4, -0.2) is 24.2 Å². The van der Waals surface area contributed by atoms with Crippen molar-refractivity contribution in [1.29, 1.82) is 0 Å². The van der Waals surface area contributed by atoms with Crippen molar-refractivity contribution >= 4 is 28.9 Å². The van der Waals surface area contributed by atoms with Crippen molar-refractivity contribution in [2.24, 2.45) is 0 Å². The first-order valence-electron chi connectivity index (χ1n) is 4.96. The van der Waals surface area contributed by atoms with E-state index < -0.39 is 4.92 Å². The Morgan fingerprint density at radius 2 is 2.18 bits per heavy atom. The maximum atomic E-state index is 10.7. The van der Waals surface area contributed by atoms with E-state index in [4.69, 9.17) is 32.7 Å². The van der Waals surface area contributed by atoms with E-state index in [1.807, 2.05) is 0 Å². The van der Waals surface area contributed by atoms with E-state index in [0.29, 0.717) is 13.2 Å². The summed E-state index contributed by atoms with van der Waals surface area (Å²) in [5.74, 6) is 0.262. The summed E-state index contributed by atoms with van der Waals surface area (Å²) in [5.41, 5.74) is -0.218. The average Bonchev–Trinajstić information content (AvgIpc) is 2.74. The van der Waals surface area contributed by atoms with Crippen LogP contribution in [0.3, 0.4) is 0 Å². The minimum Gasteiger partial charge on any atom is -0.486 e. The average molecular weight is 278 g/mol. The summed E-state index contributed by atoms with van der Waals surface area (Å²) < 4.78 is 10.7. The van der Waals surface area contributed by atoms with Crippen LogP contribution in [-0.2, 0) is 4.74 Å². The SMILES string of the molecule is O=[N+]([O-])c1cc(OC2CCOC2)c(Cl)cc1Cl. The van der Waals surface area contributed by atoms with Crippen LogP contribution in [0.1, 0.15) is 6.42 Å². The van der Waals surface area contributed by atoms with Crippen LogP contribution in [0.2, 0.25) is 10.0 Å². The molecule has 1 saturated heterocycles. The number of nitrogens with zero attached hydrogens (tertiary/aromatic N) is 1. The van der Waals surface area contributed by atoms with Crippen molar-refractivity contribution in [2.45, 2.75) is 12.5 Å². The van der Waals surface area contributed by atoms with E-state index in [1.165, 1.54) is 12.1 Å². The highest BCUT2D eigenvalue weighted by Gasteiger charge is 2.22. The van der Waals surface area contributed by atoms with Crippen LogP contribution in [0.4, 0.5) is 5.69 Å². The summed E-state index contributed by atoms with van der Waals surface area (Å²) in [5, 5.41) is 11.0. The lowest BCUT2D eigenvalue weighted by Crippen LogP contribution is -2.16. The molecule has 2 rings (SSSR count). The highest BCUT2D eigenvalue weighted by Crippen LogP contribution is 2.36. The Kier molecular flexibility index (Phi) is 3.71. The monoisotopic (exact) mass is 277 g/mol. The van der Waals surface area contributed by atoms with E-state index in [-0.39, 0.29) is 27.6 Å². The Labute approximate surface area is 107 Å². The van der Waals surface area contributed by atoms with E-state index in [0.717, 1.165) is 6.42 Å². The smallest absolute Gasteiger partial charge is 0.291 e. The van der Waals surface area contributed by atoms with Gasteiger partial charge in [0.15, 0.2) is 0 Å². The second-order valence-electron chi connectivity index (χ2n) is 3.59. The Balaban J connectivity index is 2.26. The number of rotatable bonds is 3. The van der Waals surface area contributed by atoms with Crippen LogP contribution in [0.5, 0.6) is 5.75 Å². The molecule has 1 heterocycles. The largest absolute Gasteiger partial charge is 0.486 e. The molecule has 0 bridgehead atoms. The minimum absolute atomic E-state index is 0.00461. The number of hydrogen-bond acceptors (Lipinski definition) is 4. The van der Waals surface area contributed by atoms with E-state index in [1.54, 1.807) is 0 Å². The quantitative estimate of drug-likeness (QED) is 0.629. The normalized spacial score (nSPS) is 19.3. The lowest BCUT2D eigenvalue weighted by molar-refractivity contribution is -0.384. The van der Waals surface area contributed by atoms with Gasteiger partial charge in [-0.25, -0.2) is 0 Å². The van der Waals surface area contributed by atoms with Crippen molar-refractivity contribution < 1.29 is 14.4 Å². The molecule has 0 aromatic heterocycles. The number of nitro groups is 1. The van der Waals surface area contributed by atoms with E-state index >= 15 is 0 Å². The molecule has 0 spiro atoms. The molecular formula is C10H9Cl2NO4. The molecular weight excluding hydrogens is 269 g/mol. The molecule has 0 amide bonds.